The van der Waals surface area contributed by atoms with Gasteiger partial charge in [0, 0.05) is 47.1 Å². The van der Waals surface area contributed by atoms with Crippen molar-refractivity contribution in [2.75, 3.05) is 23.3 Å². The number of fused-ring (bicyclic) bond motifs is 2. The van der Waals surface area contributed by atoms with E-state index in [0.29, 0.717) is 42.8 Å². The van der Waals surface area contributed by atoms with Crippen LogP contribution in [-0.4, -0.2) is 38.9 Å². The highest BCUT2D eigenvalue weighted by molar-refractivity contribution is 5.89. The van der Waals surface area contributed by atoms with Crippen molar-refractivity contribution < 1.29 is 9.18 Å². The summed E-state index contributed by atoms with van der Waals surface area (Å²) in [6, 6.07) is 7.02. The lowest BCUT2D eigenvalue weighted by atomic mass is 9.95. The quantitative estimate of drug-likeness (QED) is 0.466. The SMILES string of the molecule is Cc1c(F)ccc2cc([C@H](C)Nc3ncnc4cnccc34)c(N3CCC(C(N)=O)CC3)nc12. The number of halogens is 1. The van der Waals surface area contributed by atoms with Crippen molar-refractivity contribution >= 4 is 39.3 Å². The number of amides is 1. The lowest BCUT2D eigenvalue weighted by Gasteiger charge is -2.34. The van der Waals surface area contributed by atoms with E-state index in [0.717, 1.165) is 27.7 Å². The Morgan fingerprint density at radius 1 is 1.24 bits per heavy atom. The third-order valence-corrected chi connectivity index (χ3v) is 6.64. The van der Waals surface area contributed by atoms with Gasteiger partial charge in [-0.3, -0.25) is 9.78 Å². The van der Waals surface area contributed by atoms with E-state index in [2.05, 4.69) is 31.2 Å². The smallest absolute Gasteiger partial charge is 0.220 e. The van der Waals surface area contributed by atoms with Crippen LogP contribution >= 0.6 is 0 Å². The number of nitrogens with two attached hydrogens (primary N) is 1. The third kappa shape index (κ3) is 3.98. The molecule has 1 fully saturated rings. The molecule has 3 aromatic heterocycles. The Morgan fingerprint density at radius 2 is 2.03 bits per heavy atom. The zero-order valence-electron chi connectivity index (χ0n) is 19.1. The second-order valence-corrected chi connectivity index (χ2v) is 8.79. The first-order valence-corrected chi connectivity index (χ1v) is 11.4. The maximum atomic E-state index is 14.3. The third-order valence-electron chi connectivity index (χ3n) is 6.64. The number of piperidine rings is 1. The Labute approximate surface area is 196 Å². The number of rotatable bonds is 5. The van der Waals surface area contributed by atoms with Gasteiger partial charge in [0.25, 0.3) is 0 Å². The molecule has 174 valence electrons. The Morgan fingerprint density at radius 3 is 2.79 bits per heavy atom. The number of aryl methyl sites for hydroxylation is 1. The Bertz CT molecular complexity index is 1380. The Kier molecular flexibility index (Phi) is 5.69. The van der Waals surface area contributed by atoms with Gasteiger partial charge in [-0.25, -0.2) is 19.3 Å². The molecule has 0 saturated carbocycles. The molecule has 3 N–H and O–H groups in total. The van der Waals surface area contributed by atoms with Crippen molar-refractivity contribution in [2.24, 2.45) is 11.7 Å². The summed E-state index contributed by atoms with van der Waals surface area (Å²) >= 11 is 0. The van der Waals surface area contributed by atoms with Crippen LogP contribution in [0.15, 0.2) is 43.0 Å². The van der Waals surface area contributed by atoms with Gasteiger partial charge in [0.2, 0.25) is 5.91 Å². The van der Waals surface area contributed by atoms with E-state index < -0.39 is 0 Å². The molecule has 0 spiro atoms. The lowest BCUT2D eigenvalue weighted by Crippen LogP contribution is -2.39. The summed E-state index contributed by atoms with van der Waals surface area (Å²) in [4.78, 5) is 31.6. The van der Waals surface area contributed by atoms with Crippen LogP contribution in [0.2, 0.25) is 0 Å². The summed E-state index contributed by atoms with van der Waals surface area (Å²) in [7, 11) is 0. The molecule has 8 nitrogen and oxygen atoms in total. The van der Waals surface area contributed by atoms with Gasteiger partial charge in [-0.05, 0) is 51.0 Å². The minimum atomic E-state index is -0.279. The van der Waals surface area contributed by atoms with E-state index in [1.54, 1.807) is 25.4 Å². The van der Waals surface area contributed by atoms with E-state index in [1.807, 2.05) is 13.0 Å². The van der Waals surface area contributed by atoms with Gasteiger partial charge < -0.3 is 16.0 Å². The average molecular weight is 460 g/mol. The number of anilines is 2. The molecule has 1 atom stereocenters. The lowest BCUT2D eigenvalue weighted by molar-refractivity contribution is -0.122. The number of nitrogens with one attached hydrogen (secondary N) is 1. The molecular weight excluding hydrogens is 433 g/mol. The average Bonchev–Trinajstić information content (AvgIpc) is 2.86. The summed E-state index contributed by atoms with van der Waals surface area (Å²) in [6.07, 6.45) is 6.27. The first-order valence-electron chi connectivity index (χ1n) is 11.4. The van der Waals surface area contributed by atoms with E-state index in [4.69, 9.17) is 10.7 Å². The summed E-state index contributed by atoms with van der Waals surface area (Å²) in [5.74, 6) is 0.816. The normalized spacial score (nSPS) is 15.6. The summed E-state index contributed by atoms with van der Waals surface area (Å²) in [5, 5.41) is 5.25. The van der Waals surface area contributed by atoms with Gasteiger partial charge in [0.15, 0.2) is 0 Å². The predicted molar refractivity (Wildman–Crippen MR) is 130 cm³/mol. The van der Waals surface area contributed by atoms with Crippen LogP contribution < -0.4 is 16.0 Å². The summed E-state index contributed by atoms with van der Waals surface area (Å²) in [5.41, 5.74) is 8.41. The van der Waals surface area contributed by atoms with E-state index in [-0.39, 0.29) is 23.7 Å². The molecule has 1 aliphatic heterocycles. The molecular formula is C25H26FN7O. The fourth-order valence-corrected chi connectivity index (χ4v) is 4.62. The van der Waals surface area contributed by atoms with E-state index in [9.17, 15) is 9.18 Å². The fourth-order valence-electron chi connectivity index (χ4n) is 4.62. The number of benzene rings is 1. The number of carbonyl (C=O) groups excluding carboxylic acids is 1. The summed E-state index contributed by atoms with van der Waals surface area (Å²) < 4.78 is 14.3. The highest BCUT2D eigenvalue weighted by Crippen LogP contribution is 2.34. The molecule has 4 heterocycles. The van der Waals surface area contributed by atoms with Crippen molar-refractivity contribution in [1.82, 2.24) is 19.9 Å². The molecule has 1 amide bonds. The zero-order valence-corrected chi connectivity index (χ0v) is 19.1. The van der Waals surface area contributed by atoms with Gasteiger partial charge in [-0.15, -0.1) is 0 Å². The van der Waals surface area contributed by atoms with Crippen LogP contribution in [0.25, 0.3) is 21.8 Å². The Balaban J connectivity index is 1.56. The first kappa shape index (κ1) is 21.9. The molecule has 9 heteroatoms. The standard InChI is InChI=1S/C25H26FN7O/c1-14-20(26)4-3-17-11-19(15(2)31-24-18-5-8-28-12-21(18)29-13-30-24)25(32-22(14)17)33-9-6-16(7-10-33)23(27)34/h3-5,8,11-13,15-16H,6-7,9-10H2,1-2H3,(H2,27,34)(H,29,30,31)/t15-/m0/s1. The van der Waals surface area contributed by atoms with Crippen molar-refractivity contribution in [2.45, 2.75) is 32.7 Å². The summed E-state index contributed by atoms with van der Waals surface area (Å²) in [6.45, 7) is 5.11. The molecule has 4 aromatic rings. The van der Waals surface area contributed by atoms with Crippen LogP contribution in [0.5, 0.6) is 0 Å². The molecule has 1 saturated heterocycles. The van der Waals surface area contributed by atoms with Crippen molar-refractivity contribution in [1.29, 1.82) is 0 Å². The number of hydrogen-bond acceptors (Lipinski definition) is 7. The first-order chi connectivity index (χ1) is 16.4. The zero-order chi connectivity index (χ0) is 23.8. The topological polar surface area (TPSA) is 110 Å². The Hall–Kier alpha value is -3.88. The number of primary amides is 1. The van der Waals surface area contributed by atoms with E-state index in [1.165, 1.54) is 12.4 Å². The van der Waals surface area contributed by atoms with Crippen molar-refractivity contribution in [3.8, 4) is 0 Å². The number of carbonyl (C=O) groups is 1. The minimum Gasteiger partial charge on any atom is -0.369 e. The molecule has 0 bridgehead atoms. The maximum absolute atomic E-state index is 14.3. The van der Waals surface area contributed by atoms with Gasteiger partial charge in [0.05, 0.1) is 23.3 Å². The predicted octanol–water partition coefficient (Wildman–Crippen LogP) is 3.90. The highest BCUT2D eigenvalue weighted by atomic mass is 19.1. The molecule has 1 aliphatic rings. The second-order valence-electron chi connectivity index (χ2n) is 8.79. The molecule has 0 unspecified atom stereocenters. The van der Waals surface area contributed by atoms with Crippen LogP contribution in [0, 0.1) is 18.7 Å². The van der Waals surface area contributed by atoms with Gasteiger partial charge in [-0.1, -0.05) is 0 Å². The van der Waals surface area contributed by atoms with Crippen LogP contribution in [0.1, 0.15) is 36.9 Å². The molecule has 0 aliphatic carbocycles. The highest BCUT2D eigenvalue weighted by Gasteiger charge is 2.27. The minimum absolute atomic E-state index is 0.129. The van der Waals surface area contributed by atoms with E-state index >= 15 is 0 Å². The van der Waals surface area contributed by atoms with Crippen LogP contribution in [-0.2, 0) is 4.79 Å². The number of pyridine rings is 2. The monoisotopic (exact) mass is 459 g/mol. The number of hydrogen-bond donors (Lipinski definition) is 2. The van der Waals surface area contributed by atoms with Gasteiger partial charge in [-0.2, -0.15) is 0 Å². The fraction of sp³-hybridized carbons (Fsp3) is 0.320. The molecule has 0 radical (unpaired) electrons. The second kappa shape index (κ2) is 8.81. The van der Waals surface area contributed by atoms with Crippen LogP contribution in [0.3, 0.4) is 0 Å². The van der Waals surface area contributed by atoms with Gasteiger partial charge in [0.1, 0.15) is 23.8 Å². The molecule has 1 aromatic carbocycles. The van der Waals surface area contributed by atoms with Crippen molar-refractivity contribution in [3.05, 3.63) is 59.9 Å². The molecule has 5 rings (SSSR count). The largest absolute Gasteiger partial charge is 0.369 e. The number of aromatic nitrogens is 4. The maximum Gasteiger partial charge on any atom is 0.220 e. The number of nitrogens with zero attached hydrogens (tertiary/aromatic N) is 5. The van der Waals surface area contributed by atoms with Gasteiger partial charge >= 0.3 is 0 Å². The molecule has 34 heavy (non-hydrogen) atoms. The van der Waals surface area contributed by atoms with Crippen molar-refractivity contribution in [3.63, 3.8) is 0 Å². The van der Waals surface area contributed by atoms with Crippen LogP contribution in [0.4, 0.5) is 16.0 Å².